The van der Waals surface area contributed by atoms with Crippen molar-refractivity contribution in [1.82, 2.24) is 10.4 Å². The average Bonchev–Trinajstić information content (AvgIpc) is 3.21. The van der Waals surface area contributed by atoms with Gasteiger partial charge < -0.3 is 19.5 Å². The highest BCUT2D eigenvalue weighted by Gasteiger charge is 2.37. The number of nitrogens with zero attached hydrogens (tertiary/aromatic N) is 2. The summed E-state index contributed by atoms with van der Waals surface area (Å²) < 4.78 is 15.4. The van der Waals surface area contributed by atoms with Gasteiger partial charge in [0.25, 0.3) is 17.5 Å². The lowest BCUT2D eigenvalue weighted by molar-refractivity contribution is -0.384. The van der Waals surface area contributed by atoms with Crippen LogP contribution >= 0.6 is 0 Å². The molecule has 3 amide bonds. The summed E-state index contributed by atoms with van der Waals surface area (Å²) in [7, 11) is 2.77. The van der Waals surface area contributed by atoms with E-state index in [0.29, 0.717) is 0 Å². The Morgan fingerprint density at radius 2 is 1.77 bits per heavy atom. The highest BCUT2D eigenvalue weighted by atomic mass is 16.6. The minimum Gasteiger partial charge on any atom is -0.496 e. The second-order valence-electron chi connectivity index (χ2n) is 7.35. The number of nitro groups is 1. The quantitative estimate of drug-likeness (QED) is 0.301. The summed E-state index contributed by atoms with van der Waals surface area (Å²) in [4.78, 5) is 59.7. The van der Waals surface area contributed by atoms with Crippen LogP contribution in [-0.4, -0.2) is 61.0 Å². The first-order valence-corrected chi connectivity index (χ1v) is 10.3. The fourth-order valence-corrected chi connectivity index (χ4v) is 3.38. The molecule has 1 saturated heterocycles. The molecule has 0 unspecified atom stereocenters. The predicted octanol–water partition coefficient (Wildman–Crippen LogP) is 1.29. The molecule has 0 aromatic heterocycles. The molecular weight excluding hydrogens is 464 g/mol. The normalized spacial score (nSPS) is 14.7. The summed E-state index contributed by atoms with van der Waals surface area (Å²) in [6.07, 6.45) is -0.228. The Labute approximate surface area is 199 Å². The van der Waals surface area contributed by atoms with Crippen LogP contribution in [0.25, 0.3) is 0 Å². The molecule has 1 atom stereocenters. The summed E-state index contributed by atoms with van der Waals surface area (Å²) in [6.45, 7) is -0.815. The van der Waals surface area contributed by atoms with Gasteiger partial charge in [0.2, 0.25) is 5.91 Å². The van der Waals surface area contributed by atoms with E-state index in [1.807, 2.05) is 0 Å². The van der Waals surface area contributed by atoms with Gasteiger partial charge in [0, 0.05) is 24.2 Å². The monoisotopic (exact) mass is 486 g/mol. The van der Waals surface area contributed by atoms with E-state index in [1.54, 1.807) is 18.2 Å². The molecule has 0 aliphatic carbocycles. The SMILES string of the molecule is COc1cccc(OC)c1C(=O)NN1C[C@@H](C(=O)OCC(=O)Nc2cccc([N+](=O)[O-])c2)CC1=O. The molecular formula is C22H22N4O9. The molecule has 2 N–H and O–H groups in total. The number of hydrazine groups is 1. The Morgan fingerprint density at radius 1 is 1.11 bits per heavy atom. The second kappa shape index (κ2) is 11.0. The number of hydrogen-bond donors (Lipinski definition) is 2. The van der Waals surface area contributed by atoms with Crippen molar-refractivity contribution >= 4 is 35.1 Å². The molecule has 184 valence electrons. The zero-order valence-electron chi connectivity index (χ0n) is 18.8. The maximum absolute atomic E-state index is 12.8. The van der Waals surface area contributed by atoms with Crippen LogP contribution in [0.1, 0.15) is 16.8 Å². The van der Waals surface area contributed by atoms with Crippen molar-refractivity contribution in [2.45, 2.75) is 6.42 Å². The maximum atomic E-state index is 12.8. The summed E-state index contributed by atoms with van der Waals surface area (Å²) in [5.41, 5.74) is 2.46. The predicted molar refractivity (Wildman–Crippen MR) is 120 cm³/mol. The van der Waals surface area contributed by atoms with E-state index in [1.165, 1.54) is 32.4 Å². The molecule has 2 aromatic rings. The number of hydrogen-bond acceptors (Lipinski definition) is 9. The number of nitrogens with one attached hydrogen (secondary N) is 2. The van der Waals surface area contributed by atoms with Crippen molar-refractivity contribution < 1.29 is 38.3 Å². The van der Waals surface area contributed by atoms with Crippen molar-refractivity contribution in [2.75, 3.05) is 32.7 Å². The first-order valence-electron chi connectivity index (χ1n) is 10.3. The van der Waals surface area contributed by atoms with Gasteiger partial charge in [-0.2, -0.15) is 0 Å². The molecule has 0 bridgehead atoms. The third-order valence-corrected chi connectivity index (χ3v) is 5.04. The maximum Gasteiger partial charge on any atom is 0.311 e. The van der Waals surface area contributed by atoms with E-state index < -0.39 is 41.1 Å². The van der Waals surface area contributed by atoms with E-state index in [9.17, 15) is 29.3 Å². The first kappa shape index (κ1) is 25.0. The van der Waals surface area contributed by atoms with Gasteiger partial charge in [-0.1, -0.05) is 12.1 Å². The summed E-state index contributed by atoms with van der Waals surface area (Å²) in [5, 5.41) is 14.2. The van der Waals surface area contributed by atoms with E-state index in [2.05, 4.69) is 10.7 Å². The molecule has 1 aliphatic rings. The van der Waals surface area contributed by atoms with Gasteiger partial charge in [-0.25, -0.2) is 0 Å². The second-order valence-corrected chi connectivity index (χ2v) is 7.35. The lowest BCUT2D eigenvalue weighted by Crippen LogP contribution is -2.43. The number of anilines is 1. The summed E-state index contributed by atoms with van der Waals surface area (Å²) in [6, 6.07) is 10.0. The lowest BCUT2D eigenvalue weighted by atomic mass is 10.1. The lowest BCUT2D eigenvalue weighted by Gasteiger charge is -2.19. The zero-order chi connectivity index (χ0) is 25.5. The van der Waals surface area contributed by atoms with E-state index >= 15 is 0 Å². The standard InChI is InChI=1S/C22H22N4O9/c1-33-16-7-4-8-17(34-2)20(16)21(29)24-25-11-13(9-19(25)28)22(30)35-12-18(27)23-14-5-3-6-15(10-14)26(31)32/h3-8,10,13H,9,11-12H2,1-2H3,(H,23,27)(H,24,29)/t13-/m0/s1. The van der Waals surface area contributed by atoms with Gasteiger partial charge in [-0.3, -0.25) is 39.7 Å². The van der Waals surface area contributed by atoms with Crippen molar-refractivity contribution in [1.29, 1.82) is 0 Å². The number of methoxy groups -OCH3 is 2. The van der Waals surface area contributed by atoms with Crippen LogP contribution in [0.4, 0.5) is 11.4 Å². The number of esters is 1. The number of amides is 3. The van der Waals surface area contributed by atoms with Gasteiger partial charge in [-0.05, 0) is 18.2 Å². The van der Waals surface area contributed by atoms with Gasteiger partial charge in [0.15, 0.2) is 6.61 Å². The Kier molecular flexibility index (Phi) is 7.81. The van der Waals surface area contributed by atoms with Crippen molar-refractivity contribution in [3.05, 3.63) is 58.1 Å². The van der Waals surface area contributed by atoms with E-state index in [-0.39, 0.29) is 41.4 Å². The van der Waals surface area contributed by atoms with Gasteiger partial charge in [0.05, 0.1) is 31.6 Å². The van der Waals surface area contributed by atoms with Crippen LogP contribution in [0.2, 0.25) is 0 Å². The number of non-ortho nitro benzene ring substituents is 1. The Morgan fingerprint density at radius 3 is 2.40 bits per heavy atom. The van der Waals surface area contributed by atoms with Gasteiger partial charge >= 0.3 is 5.97 Å². The van der Waals surface area contributed by atoms with Crippen LogP contribution < -0.4 is 20.2 Å². The Hall–Kier alpha value is -4.68. The Balaban J connectivity index is 1.55. The van der Waals surface area contributed by atoms with E-state index in [0.717, 1.165) is 11.1 Å². The minimum absolute atomic E-state index is 0.0779. The highest BCUT2D eigenvalue weighted by Crippen LogP contribution is 2.28. The van der Waals surface area contributed by atoms with Crippen LogP contribution in [0.3, 0.4) is 0 Å². The number of benzene rings is 2. The molecule has 35 heavy (non-hydrogen) atoms. The van der Waals surface area contributed by atoms with Crippen LogP contribution in [0.5, 0.6) is 11.5 Å². The molecule has 1 fully saturated rings. The zero-order valence-corrected chi connectivity index (χ0v) is 18.8. The van der Waals surface area contributed by atoms with Crippen LogP contribution in [0.15, 0.2) is 42.5 Å². The fourth-order valence-electron chi connectivity index (χ4n) is 3.38. The number of carbonyl (C=O) groups excluding carboxylic acids is 4. The van der Waals surface area contributed by atoms with Crippen LogP contribution in [0, 0.1) is 16.0 Å². The largest absolute Gasteiger partial charge is 0.496 e. The molecule has 3 rings (SSSR count). The summed E-state index contributed by atoms with van der Waals surface area (Å²) in [5.74, 6) is -3.14. The minimum atomic E-state index is -0.909. The Bertz CT molecular complexity index is 1150. The van der Waals surface area contributed by atoms with Crippen molar-refractivity contribution in [3.63, 3.8) is 0 Å². The highest BCUT2D eigenvalue weighted by molar-refractivity contribution is 6.01. The molecule has 13 heteroatoms. The molecule has 1 heterocycles. The smallest absolute Gasteiger partial charge is 0.311 e. The number of ether oxygens (including phenoxy) is 3. The number of rotatable bonds is 9. The first-order chi connectivity index (χ1) is 16.7. The number of carbonyl (C=O) groups is 4. The van der Waals surface area contributed by atoms with Gasteiger partial charge in [0.1, 0.15) is 17.1 Å². The summed E-state index contributed by atoms with van der Waals surface area (Å²) >= 11 is 0. The van der Waals surface area contributed by atoms with Crippen molar-refractivity contribution in [2.24, 2.45) is 5.92 Å². The molecule has 1 aliphatic heterocycles. The average molecular weight is 486 g/mol. The van der Waals surface area contributed by atoms with Crippen molar-refractivity contribution in [3.8, 4) is 11.5 Å². The molecule has 0 radical (unpaired) electrons. The third kappa shape index (κ3) is 6.01. The molecule has 0 spiro atoms. The van der Waals surface area contributed by atoms with Crippen LogP contribution in [-0.2, 0) is 19.1 Å². The topological polar surface area (TPSA) is 166 Å². The van der Waals surface area contributed by atoms with Gasteiger partial charge in [-0.15, -0.1) is 0 Å². The molecule has 2 aromatic carbocycles. The molecule has 0 saturated carbocycles. The third-order valence-electron chi connectivity index (χ3n) is 5.04. The fraction of sp³-hybridized carbons (Fsp3) is 0.273. The van der Waals surface area contributed by atoms with E-state index in [4.69, 9.17) is 14.2 Å². The molecule has 13 nitrogen and oxygen atoms in total. The number of nitro benzene ring substituents is 1.